The fourth-order valence-corrected chi connectivity index (χ4v) is 4.05. The Morgan fingerprint density at radius 2 is 1.77 bits per heavy atom. The molecular formula is C30H47ClN6O3. The molecule has 0 saturated heterocycles. The van der Waals surface area contributed by atoms with Crippen molar-refractivity contribution in [1.82, 2.24) is 20.3 Å². The highest BCUT2D eigenvalue weighted by Gasteiger charge is 2.26. The molecule has 0 aliphatic rings. The van der Waals surface area contributed by atoms with Crippen LogP contribution in [0.5, 0.6) is 11.5 Å². The molecule has 0 radical (unpaired) electrons. The van der Waals surface area contributed by atoms with Crippen LogP contribution in [0.2, 0.25) is 5.02 Å². The minimum absolute atomic E-state index is 0.0771. The van der Waals surface area contributed by atoms with E-state index in [4.69, 9.17) is 26.1 Å². The number of nitrogens with zero attached hydrogens (tertiary/aromatic N) is 3. The maximum absolute atomic E-state index is 11.7. The Labute approximate surface area is 244 Å². The second kappa shape index (κ2) is 18.1. The van der Waals surface area contributed by atoms with E-state index in [2.05, 4.69) is 39.8 Å². The molecule has 0 spiro atoms. The van der Waals surface area contributed by atoms with Gasteiger partial charge in [0.25, 0.3) is 0 Å². The smallest absolute Gasteiger partial charge is 0.225 e. The molecule has 0 bridgehead atoms. The summed E-state index contributed by atoms with van der Waals surface area (Å²) in [5.74, 6) is 2.33. The fraction of sp³-hybridized carbons (Fsp3) is 0.533. The van der Waals surface area contributed by atoms with Gasteiger partial charge in [-0.15, -0.1) is 0 Å². The molecule has 1 atom stereocenters. The molecule has 0 aliphatic heterocycles. The lowest BCUT2D eigenvalue weighted by Crippen LogP contribution is -2.46. The molecule has 0 aliphatic carbocycles. The summed E-state index contributed by atoms with van der Waals surface area (Å²) < 4.78 is 10.8. The number of benzene rings is 1. The third kappa shape index (κ3) is 10.7. The summed E-state index contributed by atoms with van der Waals surface area (Å²) >= 11 is 6.23. The number of carbonyl (C=O) groups excluding carboxylic acids is 1. The summed E-state index contributed by atoms with van der Waals surface area (Å²) in [6.07, 6.45) is 5.66. The van der Waals surface area contributed by atoms with Gasteiger partial charge in [-0.3, -0.25) is 4.79 Å². The van der Waals surface area contributed by atoms with Crippen molar-refractivity contribution in [3.63, 3.8) is 0 Å². The minimum atomic E-state index is -0.431. The SMILES string of the molecule is CC.CC.CCCCCC(C)(CNC(C)=O)Nc1nc(NCc2ccc(OC)cc2OC)nc2cc(Cl)cnc12. The molecule has 9 nitrogen and oxygen atoms in total. The number of unbranched alkanes of at least 4 members (excludes halogenated alkanes) is 2. The Morgan fingerprint density at radius 3 is 2.40 bits per heavy atom. The van der Waals surface area contributed by atoms with E-state index in [0.29, 0.717) is 52.4 Å². The number of pyridine rings is 1. The first kappa shape index (κ1) is 34.7. The Hall–Kier alpha value is -3.33. The zero-order chi connectivity index (χ0) is 30.1. The monoisotopic (exact) mass is 574 g/mol. The van der Waals surface area contributed by atoms with Gasteiger partial charge in [0.15, 0.2) is 5.82 Å². The Kier molecular flexibility index (Phi) is 15.7. The van der Waals surface area contributed by atoms with E-state index in [1.807, 2.05) is 45.9 Å². The summed E-state index contributed by atoms with van der Waals surface area (Å²) in [6, 6.07) is 7.40. The van der Waals surface area contributed by atoms with Crippen LogP contribution in [0.25, 0.3) is 11.0 Å². The van der Waals surface area contributed by atoms with Gasteiger partial charge in [0.1, 0.15) is 17.0 Å². The molecule has 0 saturated carbocycles. The van der Waals surface area contributed by atoms with E-state index in [9.17, 15) is 4.79 Å². The molecule has 2 aromatic heterocycles. The molecule has 3 aromatic rings. The van der Waals surface area contributed by atoms with E-state index >= 15 is 0 Å². The molecular weight excluding hydrogens is 528 g/mol. The third-order valence-corrected chi connectivity index (χ3v) is 6.12. The van der Waals surface area contributed by atoms with Crippen LogP contribution in [0.4, 0.5) is 11.8 Å². The minimum Gasteiger partial charge on any atom is -0.497 e. The number of carbonyl (C=O) groups is 1. The summed E-state index contributed by atoms with van der Waals surface area (Å²) in [7, 11) is 3.24. The number of amides is 1. The van der Waals surface area contributed by atoms with Gasteiger partial charge in [-0.05, 0) is 31.5 Å². The molecule has 1 unspecified atom stereocenters. The van der Waals surface area contributed by atoms with Crippen molar-refractivity contribution < 1.29 is 14.3 Å². The normalized spacial score (nSPS) is 11.7. The summed E-state index contributed by atoms with van der Waals surface area (Å²) in [4.78, 5) is 25.6. The Balaban J connectivity index is 0.00000191. The number of anilines is 2. The molecule has 40 heavy (non-hydrogen) atoms. The number of hydrogen-bond donors (Lipinski definition) is 3. The highest BCUT2D eigenvalue weighted by molar-refractivity contribution is 6.31. The van der Waals surface area contributed by atoms with Crippen LogP contribution in [0.1, 0.15) is 79.7 Å². The standard InChI is InChI=1S/C26H35ClN6O3.2C2H6/c1-6-7-8-11-26(3,16-30-17(2)34)33-24-23-21(12-19(27)15-28-23)31-25(32-24)29-14-18-9-10-20(35-4)13-22(18)36-5;2*1-2/h9-10,12-13,15H,6-8,11,14,16H2,1-5H3,(H,30,34)(H2,29,31,32,33);2*1-2H3. The van der Waals surface area contributed by atoms with Crippen LogP contribution < -0.4 is 25.4 Å². The first-order chi connectivity index (χ1) is 19.3. The van der Waals surface area contributed by atoms with Gasteiger partial charge in [0.2, 0.25) is 11.9 Å². The second-order valence-corrected chi connectivity index (χ2v) is 9.44. The van der Waals surface area contributed by atoms with Gasteiger partial charge >= 0.3 is 0 Å². The van der Waals surface area contributed by atoms with Crippen molar-refractivity contribution in [2.45, 2.75) is 86.2 Å². The second-order valence-electron chi connectivity index (χ2n) is 9.00. The van der Waals surface area contributed by atoms with E-state index in [-0.39, 0.29) is 5.91 Å². The van der Waals surface area contributed by atoms with Gasteiger partial charge in [-0.2, -0.15) is 4.98 Å². The first-order valence-corrected chi connectivity index (χ1v) is 14.5. The third-order valence-electron chi connectivity index (χ3n) is 5.91. The van der Waals surface area contributed by atoms with Gasteiger partial charge in [-0.25, -0.2) is 9.97 Å². The molecule has 1 amide bonds. The number of halogens is 1. The lowest BCUT2D eigenvalue weighted by Gasteiger charge is -2.32. The number of hydrogen-bond acceptors (Lipinski definition) is 8. The van der Waals surface area contributed by atoms with Crippen LogP contribution in [0.15, 0.2) is 30.5 Å². The van der Waals surface area contributed by atoms with Crippen LogP contribution in [-0.4, -0.2) is 47.2 Å². The molecule has 3 rings (SSSR count). The van der Waals surface area contributed by atoms with Crippen LogP contribution in [-0.2, 0) is 11.3 Å². The molecule has 10 heteroatoms. The number of fused-ring (bicyclic) bond motifs is 1. The van der Waals surface area contributed by atoms with Crippen molar-refractivity contribution in [2.24, 2.45) is 0 Å². The largest absolute Gasteiger partial charge is 0.497 e. The van der Waals surface area contributed by atoms with Gasteiger partial charge in [-0.1, -0.05) is 65.5 Å². The van der Waals surface area contributed by atoms with Gasteiger partial charge in [0.05, 0.1) is 30.3 Å². The van der Waals surface area contributed by atoms with Gasteiger partial charge in [0, 0.05) is 37.8 Å². The highest BCUT2D eigenvalue weighted by atomic mass is 35.5. The number of ether oxygens (including phenoxy) is 2. The van der Waals surface area contributed by atoms with Crippen LogP contribution >= 0.6 is 11.6 Å². The number of aromatic nitrogens is 3. The fourth-order valence-electron chi connectivity index (χ4n) is 3.90. The van der Waals surface area contributed by atoms with E-state index < -0.39 is 5.54 Å². The summed E-state index contributed by atoms with van der Waals surface area (Å²) in [5.41, 5.74) is 1.71. The van der Waals surface area contributed by atoms with E-state index in [1.54, 1.807) is 26.5 Å². The zero-order valence-corrected chi connectivity index (χ0v) is 26.3. The quantitative estimate of drug-likeness (QED) is 0.183. The topological polar surface area (TPSA) is 110 Å². The maximum atomic E-state index is 11.7. The predicted octanol–water partition coefficient (Wildman–Crippen LogP) is 7.25. The highest BCUT2D eigenvalue weighted by Crippen LogP contribution is 2.29. The van der Waals surface area contributed by atoms with Crippen molar-refractivity contribution in [3.05, 3.63) is 41.0 Å². The summed E-state index contributed by atoms with van der Waals surface area (Å²) in [6.45, 7) is 14.7. The lowest BCUT2D eigenvalue weighted by atomic mass is 9.94. The zero-order valence-electron chi connectivity index (χ0n) is 25.6. The molecule has 3 N–H and O–H groups in total. The number of nitrogens with one attached hydrogen (secondary N) is 3. The van der Waals surface area contributed by atoms with Crippen LogP contribution in [0.3, 0.4) is 0 Å². The number of methoxy groups -OCH3 is 2. The average molecular weight is 575 g/mol. The Bertz CT molecular complexity index is 1190. The van der Waals surface area contributed by atoms with Crippen molar-refractivity contribution in [2.75, 3.05) is 31.4 Å². The van der Waals surface area contributed by atoms with E-state index in [1.165, 1.54) is 6.92 Å². The van der Waals surface area contributed by atoms with Crippen molar-refractivity contribution in [3.8, 4) is 11.5 Å². The summed E-state index contributed by atoms with van der Waals surface area (Å²) in [5, 5.41) is 10.3. The molecule has 0 fully saturated rings. The molecule has 222 valence electrons. The van der Waals surface area contributed by atoms with Crippen molar-refractivity contribution in [1.29, 1.82) is 0 Å². The molecule has 2 heterocycles. The van der Waals surface area contributed by atoms with Gasteiger partial charge < -0.3 is 25.4 Å². The maximum Gasteiger partial charge on any atom is 0.225 e. The van der Waals surface area contributed by atoms with Crippen LogP contribution in [0, 0.1) is 0 Å². The van der Waals surface area contributed by atoms with E-state index in [0.717, 1.165) is 31.2 Å². The predicted molar refractivity (Wildman–Crippen MR) is 167 cm³/mol. The van der Waals surface area contributed by atoms with Crippen molar-refractivity contribution >= 4 is 40.3 Å². The lowest BCUT2D eigenvalue weighted by molar-refractivity contribution is -0.119. The first-order valence-electron chi connectivity index (χ1n) is 14.1. The number of rotatable bonds is 13. The average Bonchev–Trinajstić information content (AvgIpc) is 2.97. The molecule has 1 aromatic carbocycles. The Morgan fingerprint density at radius 1 is 1.05 bits per heavy atom.